The first-order valence-electron chi connectivity index (χ1n) is 16.2. The highest BCUT2D eigenvalue weighted by Crippen LogP contribution is 2.25. The Kier molecular flexibility index (Phi) is 14.4. The lowest BCUT2D eigenvalue weighted by atomic mass is 10.1. The Morgan fingerprint density at radius 3 is 2.05 bits per heavy atom. The summed E-state index contributed by atoms with van der Waals surface area (Å²) in [6.45, 7) is 6.66. The molecule has 0 bridgehead atoms. The van der Waals surface area contributed by atoms with Crippen LogP contribution in [0.3, 0.4) is 0 Å². The largest absolute Gasteiger partial charge is 0.478 e. The van der Waals surface area contributed by atoms with Gasteiger partial charge in [-0.25, -0.2) is 9.18 Å². The lowest BCUT2D eigenvalue weighted by molar-refractivity contribution is 0.0696. The number of pyridine rings is 1. The van der Waals surface area contributed by atoms with Crippen molar-refractivity contribution in [2.75, 3.05) is 30.8 Å². The molecule has 0 saturated heterocycles. The number of rotatable bonds is 20. The summed E-state index contributed by atoms with van der Waals surface area (Å²) < 4.78 is 14.2. The minimum absolute atomic E-state index is 0.135. The number of anilines is 2. The van der Waals surface area contributed by atoms with Gasteiger partial charge in [0.2, 0.25) is 0 Å². The van der Waals surface area contributed by atoms with Crippen LogP contribution in [-0.4, -0.2) is 47.0 Å². The zero-order chi connectivity index (χ0) is 31.9. The smallest absolute Gasteiger partial charge is 0.335 e. The summed E-state index contributed by atoms with van der Waals surface area (Å²) in [5.41, 5.74) is 1.31. The first-order valence-corrected chi connectivity index (χ1v) is 16.2. The Bertz CT molecular complexity index is 1420. The Morgan fingerprint density at radius 1 is 0.841 bits per heavy atom. The number of unbranched alkanes of at least 4 members (excludes halogenated alkanes) is 10. The Labute approximate surface area is 260 Å². The fourth-order valence-electron chi connectivity index (χ4n) is 5.56. The Morgan fingerprint density at radius 2 is 1.45 bits per heavy atom. The van der Waals surface area contributed by atoms with E-state index in [9.17, 15) is 23.9 Å². The van der Waals surface area contributed by atoms with E-state index in [1.807, 2.05) is 0 Å². The molecule has 1 aromatic heterocycles. The average molecular weight is 609 g/mol. The lowest BCUT2D eigenvalue weighted by Crippen LogP contribution is -2.28. The predicted molar refractivity (Wildman–Crippen MR) is 177 cm³/mol. The summed E-state index contributed by atoms with van der Waals surface area (Å²) >= 11 is 0. The highest BCUT2D eigenvalue weighted by atomic mass is 19.1. The van der Waals surface area contributed by atoms with Crippen molar-refractivity contribution in [2.24, 2.45) is 0 Å². The van der Waals surface area contributed by atoms with Gasteiger partial charge in [0.1, 0.15) is 11.4 Å². The Balaban J connectivity index is 1.83. The van der Waals surface area contributed by atoms with Crippen molar-refractivity contribution in [3.05, 3.63) is 69.3 Å². The van der Waals surface area contributed by atoms with Crippen LogP contribution in [0, 0.1) is 5.82 Å². The van der Waals surface area contributed by atoms with Gasteiger partial charge in [0.05, 0.1) is 16.8 Å². The number of nitrogens with one attached hydrogen (secondary N) is 3. The first-order chi connectivity index (χ1) is 21.3. The summed E-state index contributed by atoms with van der Waals surface area (Å²) in [6.07, 6.45) is 14.2. The van der Waals surface area contributed by atoms with Crippen LogP contribution in [0.15, 0.2) is 41.2 Å². The van der Waals surface area contributed by atoms with Crippen LogP contribution in [0.4, 0.5) is 15.8 Å². The van der Waals surface area contributed by atoms with Gasteiger partial charge in [0.15, 0.2) is 0 Å². The first kappa shape index (κ1) is 34.8. The molecule has 0 aliphatic heterocycles. The molecule has 0 radical (unpaired) electrons. The third-order valence-corrected chi connectivity index (χ3v) is 8.08. The second-order valence-electron chi connectivity index (χ2n) is 11.6. The summed E-state index contributed by atoms with van der Waals surface area (Å²) in [4.78, 5) is 43.2. The monoisotopic (exact) mass is 608 g/mol. The molecular formula is C35H49FN4O4. The number of H-pyrrole nitrogens is 1. The van der Waals surface area contributed by atoms with Gasteiger partial charge in [-0.05, 0) is 67.9 Å². The van der Waals surface area contributed by atoms with Gasteiger partial charge in [-0.1, -0.05) is 78.1 Å². The van der Waals surface area contributed by atoms with E-state index >= 15 is 0 Å². The molecule has 44 heavy (non-hydrogen) atoms. The van der Waals surface area contributed by atoms with Crippen molar-refractivity contribution in [1.29, 1.82) is 0 Å². The van der Waals surface area contributed by atoms with E-state index < -0.39 is 23.3 Å². The number of halogens is 1. The van der Waals surface area contributed by atoms with E-state index in [0.717, 1.165) is 38.8 Å². The second kappa shape index (κ2) is 18.2. The third kappa shape index (κ3) is 10.5. The highest BCUT2D eigenvalue weighted by Gasteiger charge is 2.18. The quantitative estimate of drug-likeness (QED) is 0.0962. The maximum Gasteiger partial charge on any atom is 0.335 e. The zero-order valence-electron chi connectivity index (χ0n) is 26.6. The number of carbonyl (C=O) groups excluding carboxylic acids is 1. The van der Waals surface area contributed by atoms with Gasteiger partial charge < -0.3 is 20.7 Å². The summed E-state index contributed by atoms with van der Waals surface area (Å²) in [5, 5.41) is 15.8. The van der Waals surface area contributed by atoms with Crippen LogP contribution in [-0.2, 0) is 6.54 Å². The van der Waals surface area contributed by atoms with Crippen molar-refractivity contribution >= 4 is 34.2 Å². The molecule has 240 valence electrons. The number of fused-ring (bicyclic) bond motifs is 1. The fourth-order valence-corrected chi connectivity index (χ4v) is 5.56. The van der Waals surface area contributed by atoms with Crippen LogP contribution in [0.25, 0.3) is 10.9 Å². The molecule has 2 aromatic carbocycles. The zero-order valence-corrected chi connectivity index (χ0v) is 26.6. The van der Waals surface area contributed by atoms with Crippen molar-refractivity contribution in [3.63, 3.8) is 0 Å². The van der Waals surface area contributed by atoms with Crippen molar-refractivity contribution < 1.29 is 19.1 Å². The highest BCUT2D eigenvalue weighted by molar-refractivity contribution is 6.07. The van der Waals surface area contributed by atoms with Gasteiger partial charge in [-0.15, -0.1) is 0 Å². The Hall–Kier alpha value is -3.72. The number of hydrogen-bond acceptors (Lipinski definition) is 5. The van der Waals surface area contributed by atoms with Gasteiger partial charge >= 0.3 is 5.97 Å². The lowest BCUT2D eigenvalue weighted by Gasteiger charge is -2.24. The minimum Gasteiger partial charge on any atom is -0.478 e. The van der Waals surface area contributed by atoms with Crippen LogP contribution < -0.4 is 16.2 Å². The van der Waals surface area contributed by atoms with Crippen LogP contribution >= 0.6 is 0 Å². The molecule has 0 fully saturated rings. The number of carboxylic acids is 1. The molecule has 1 amide bonds. The van der Waals surface area contributed by atoms with E-state index in [1.165, 1.54) is 75.6 Å². The van der Waals surface area contributed by atoms with E-state index in [2.05, 4.69) is 34.4 Å². The molecule has 0 atom stereocenters. The summed E-state index contributed by atoms with van der Waals surface area (Å²) in [7, 11) is 1.62. The van der Waals surface area contributed by atoms with Crippen molar-refractivity contribution in [3.8, 4) is 0 Å². The van der Waals surface area contributed by atoms with Crippen LogP contribution in [0.1, 0.15) is 117 Å². The number of carbonyl (C=O) groups is 2. The van der Waals surface area contributed by atoms with Crippen molar-refractivity contribution in [1.82, 2.24) is 9.88 Å². The third-order valence-electron chi connectivity index (χ3n) is 8.08. The molecule has 4 N–H and O–H groups in total. The van der Waals surface area contributed by atoms with Gasteiger partial charge in [-0.3, -0.25) is 14.5 Å². The molecule has 0 aliphatic carbocycles. The van der Waals surface area contributed by atoms with E-state index in [1.54, 1.807) is 19.2 Å². The molecule has 0 unspecified atom stereocenters. The number of aromatic amines is 1. The number of hydrogen-bond donors (Lipinski definition) is 4. The SMILES string of the molecule is CCCCCCCCN(CCCCCCCC)Cc1cc(C(=O)O)ccc1NC(=O)c1cc2cc(F)cc(NC)c2[nH]c1=O. The van der Waals surface area contributed by atoms with Crippen molar-refractivity contribution in [2.45, 2.75) is 97.4 Å². The number of benzene rings is 2. The summed E-state index contributed by atoms with van der Waals surface area (Å²) in [6, 6.07) is 8.55. The van der Waals surface area contributed by atoms with E-state index in [4.69, 9.17) is 0 Å². The van der Waals surface area contributed by atoms with Crippen LogP contribution in [0.5, 0.6) is 0 Å². The summed E-state index contributed by atoms with van der Waals surface area (Å²) in [5.74, 6) is -2.19. The minimum atomic E-state index is -1.05. The topological polar surface area (TPSA) is 115 Å². The fraction of sp³-hybridized carbons (Fsp3) is 0.514. The number of carboxylic acid groups (broad SMARTS) is 1. The molecule has 3 rings (SSSR count). The molecule has 0 saturated carbocycles. The molecule has 9 heteroatoms. The number of amides is 1. The second-order valence-corrected chi connectivity index (χ2v) is 11.6. The van der Waals surface area contributed by atoms with Gasteiger partial charge in [0, 0.05) is 24.7 Å². The van der Waals surface area contributed by atoms with Crippen LogP contribution in [0.2, 0.25) is 0 Å². The molecule has 0 spiro atoms. The molecule has 1 heterocycles. The number of nitrogens with zero attached hydrogens (tertiary/aromatic N) is 1. The van der Waals surface area contributed by atoms with Gasteiger partial charge in [-0.2, -0.15) is 0 Å². The molecular weight excluding hydrogens is 559 g/mol. The predicted octanol–water partition coefficient (Wildman–Crippen LogP) is 8.18. The van der Waals surface area contributed by atoms with E-state index in [-0.39, 0.29) is 11.1 Å². The standard InChI is InChI=1S/C35H49FN4O4/c1-4-6-8-10-12-14-18-40(19-15-13-11-9-7-5-2)24-27-20-25(35(43)44)16-17-30(27)38-33(41)29-22-26-21-28(36)23-31(37-3)32(26)39-34(29)42/h16-17,20-23,37H,4-15,18-19,24H2,1-3H3,(H,38,41)(H,39,42)(H,43,44). The molecule has 8 nitrogen and oxygen atoms in total. The normalized spacial score (nSPS) is 11.3. The molecule has 0 aliphatic rings. The maximum atomic E-state index is 14.2. The maximum absolute atomic E-state index is 14.2. The average Bonchev–Trinajstić information content (AvgIpc) is 3.00. The number of aromatic carboxylic acids is 1. The molecule has 3 aromatic rings. The number of aromatic nitrogens is 1. The van der Waals surface area contributed by atoms with E-state index in [0.29, 0.717) is 34.4 Å². The van der Waals surface area contributed by atoms with Gasteiger partial charge in [0.25, 0.3) is 11.5 Å².